The number of carbonyl (C=O) groups excluding carboxylic acids is 3. The van der Waals surface area contributed by atoms with Gasteiger partial charge >= 0.3 is 5.97 Å². The number of aliphatic carboxylic acids is 1. The van der Waals surface area contributed by atoms with Crippen LogP contribution in [0.4, 0.5) is 5.69 Å². The summed E-state index contributed by atoms with van der Waals surface area (Å²) in [5.74, 6) is -3.34. The highest BCUT2D eigenvalue weighted by atomic mass is 16.5. The lowest BCUT2D eigenvalue weighted by atomic mass is 9.76. The first kappa shape index (κ1) is 23.0. The average molecular weight is 478 g/mol. The van der Waals surface area contributed by atoms with Crippen molar-refractivity contribution in [3.8, 4) is 5.75 Å². The Balaban J connectivity index is 1.57. The molecular formula is C26H27N3O6. The van der Waals surface area contributed by atoms with Crippen LogP contribution in [0.2, 0.25) is 0 Å². The average Bonchev–Trinajstić information content (AvgIpc) is 3.41. The van der Waals surface area contributed by atoms with E-state index < -0.39 is 35.3 Å². The van der Waals surface area contributed by atoms with Crippen LogP contribution in [0.25, 0.3) is 0 Å². The summed E-state index contributed by atoms with van der Waals surface area (Å²) in [5.41, 5.74) is 2.49. The minimum Gasteiger partial charge on any atom is -0.497 e. The van der Waals surface area contributed by atoms with Gasteiger partial charge in [0.05, 0.1) is 25.5 Å². The second-order valence-electron chi connectivity index (χ2n) is 9.49. The molecule has 0 unspecified atom stereocenters. The molecule has 5 rings (SSSR count). The summed E-state index contributed by atoms with van der Waals surface area (Å²) in [6.07, 6.45) is -0.0561. The molecule has 3 amide bonds. The number of rotatable bonds is 6. The van der Waals surface area contributed by atoms with Crippen molar-refractivity contribution in [1.82, 2.24) is 10.2 Å². The Morgan fingerprint density at radius 1 is 1.09 bits per heavy atom. The largest absolute Gasteiger partial charge is 0.497 e. The molecule has 182 valence electrons. The quantitative estimate of drug-likeness (QED) is 0.544. The number of carbonyl (C=O) groups is 4. The number of ether oxygens (including phenoxy) is 1. The number of anilines is 1. The molecule has 2 aromatic carbocycles. The van der Waals surface area contributed by atoms with E-state index in [1.54, 1.807) is 31.4 Å². The molecule has 0 bridgehead atoms. The number of hydrogen-bond acceptors (Lipinski definition) is 6. The summed E-state index contributed by atoms with van der Waals surface area (Å²) >= 11 is 0. The van der Waals surface area contributed by atoms with Gasteiger partial charge < -0.3 is 15.2 Å². The maximum Gasteiger partial charge on any atom is 0.303 e. The number of fused-ring (bicyclic) bond motifs is 4. The normalized spacial score (nSPS) is 26.8. The van der Waals surface area contributed by atoms with Crippen molar-refractivity contribution in [2.24, 2.45) is 11.8 Å². The molecule has 9 heteroatoms. The number of methoxy groups -OCH3 is 1. The molecular weight excluding hydrogens is 450 g/mol. The first-order chi connectivity index (χ1) is 16.7. The molecule has 35 heavy (non-hydrogen) atoms. The van der Waals surface area contributed by atoms with E-state index in [-0.39, 0.29) is 31.2 Å². The minimum atomic E-state index is -1.43. The standard InChI is InChI=1S/C26H27N3O6/c1-13-4-9-17-22(14(13)2)27-25(34)26(17)21-20(18(28-26)10-11-19(30)31)23(32)29(24(21)33)12-15-5-7-16(35-3)8-6-15/h4-9,18,20-21,28H,10-12H2,1-3H3,(H,27,34)(H,30,31)/t18-,20-,21-,26+/m1/s1. The lowest BCUT2D eigenvalue weighted by Crippen LogP contribution is -2.53. The van der Waals surface area contributed by atoms with Crippen LogP contribution in [0, 0.1) is 25.7 Å². The summed E-state index contributed by atoms with van der Waals surface area (Å²) in [6, 6.07) is 10.2. The van der Waals surface area contributed by atoms with E-state index in [2.05, 4.69) is 10.6 Å². The number of carboxylic acids is 1. The number of nitrogens with zero attached hydrogens (tertiary/aromatic N) is 1. The van der Waals surface area contributed by atoms with Gasteiger partial charge in [-0.2, -0.15) is 0 Å². The van der Waals surface area contributed by atoms with Crippen molar-refractivity contribution < 1.29 is 29.0 Å². The number of nitrogens with one attached hydrogen (secondary N) is 2. The van der Waals surface area contributed by atoms with Crippen LogP contribution < -0.4 is 15.4 Å². The lowest BCUT2D eigenvalue weighted by Gasteiger charge is -2.29. The minimum absolute atomic E-state index is 0.0673. The number of benzene rings is 2. The smallest absolute Gasteiger partial charge is 0.303 e. The van der Waals surface area contributed by atoms with E-state index in [0.29, 0.717) is 17.0 Å². The summed E-state index contributed by atoms with van der Waals surface area (Å²) in [4.78, 5) is 53.5. The third kappa shape index (κ3) is 3.33. The fourth-order valence-corrected chi connectivity index (χ4v) is 5.78. The van der Waals surface area contributed by atoms with Gasteiger partial charge in [-0.1, -0.05) is 24.3 Å². The predicted octanol–water partition coefficient (Wildman–Crippen LogP) is 2.10. The van der Waals surface area contributed by atoms with Crippen LogP contribution in [-0.4, -0.2) is 46.8 Å². The van der Waals surface area contributed by atoms with Gasteiger partial charge in [0, 0.05) is 23.7 Å². The maximum absolute atomic E-state index is 13.8. The molecule has 4 atom stereocenters. The second-order valence-corrected chi connectivity index (χ2v) is 9.49. The molecule has 1 spiro atoms. The van der Waals surface area contributed by atoms with Crippen LogP contribution in [0.5, 0.6) is 5.75 Å². The topological polar surface area (TPSA) is 125 Å². The summed E-state index contributed by atoms with van der Waals surface area (Å²) in [7, 11) is 1.56. The van der Waals surface area contributed by atoms with Crippen LogP contribution in [0.3, 0.4) is 0 Å². The molecule has 3 aliphatic heterocycles. The Morgan fingerprint density at radius 2 is 1.80 bits per heavy atom. The molecule has 3 heterocycles. The van der Waals surface area contributed by atoms with Crippen LogP contribution in [-0.2, 0) is 31.3 Å². The van der Waals surface area contributed by atoms with Crippen molar-refractivity contribution in [3.63, 3.8) is 0 Å². The summed E-state index contributed by atoms with van der Waals surface area (Å²) in [6.45, 7) is 3.91. The molecule has 2 aromatic rings. The van der Waals surface area contributed by atoms with E-state index in [1.807, 2.05) is 26.0 Å². The summed E-state index contributed by atoms with van der Waals surface area (Å²) in [5, 5.41) is 15.5. The zero-order valence-corrected chi connectivity index (χ0v) is 19.8. The zero-order chi connectivity index (χ0) is 25.1. The molecule has 0 saturated carbocycles. The molecule has 0 aliphatic carbocycles. The molecule has 0 aromatic heterocycles. The highest BCUT2D eigenvalue weighted by Gasteiger charge is 2.70. The highest BCUT2D eigenvalue weighted by molar-refractivity contribution is 6.15. The second kappa shape index (κ2) is 8.20. The van der Waals surface area contributed by atoms with Crippen molar-refractivity contribution in [3.05, 3.63) is 58.7 Å². The van der Waals surface area contributed by atoms with E-state index in [9.17, 15) is 24.3 Å². The number of aryl methyl sites for hydroxylation is 1. The third-order valence-electron chi connectivity index (χ3n) is 7.68. The van der Waals surface area contributed by atoms with Gasteiger partial charge in [0.25, 0.3) is 0 Å². The van der Waals surface area contributed by atoms with Gasteiger partial charge in [-0.25, -0.2) is 0 Å². The number of likely N-dealkylation sites (tertiary alicyclic amines) is 1. The van der Waals surface area contributed by atoms with Crippen LogP contribution in [0.15, 0.2) is 36.4 Å². The van der Waals surface area contributed by atoms with E-state index >= 15 is 0 Å². The molecule has 2 saturated heterocycles. The number of hydrogen-bond donors (Lipinski definition) is 3. The van der Waals surface area contributed by atoms with E-state index in [0.717, 1.165) is 16.7 Å². The van der Waals surface area contributed by atoms with Crippen LogP contribution in [0.1, 0.15) is 35.1 Å². The first-order valence-corrected chi connectivity index (χ1v) is 11.6. The molecule has 9 nitrogen and oxygen atoms in total. The Labute approximate surface area is 202 Å². The zero-order valence-electron chi connectivity index (χ0n) is 19.8. The van der Waals surface area contributed by atoms with Gasteiger partial charge in [-0.3, -0.25) is 29.4 Å². The van der Waals surface area contributed by atoms with Gasteiger partial charge in [-0.15, -0.1) is 0 Å². The first-order valence-electron chi connectivity index (χ1n) is 11.6. The maximum atomic E-state index is 13.8. The Morgan fingerprint density at radius 3 is 2.46 bits per heavy atom. The number of carboxylic acid groups (broad SMARTS) is 1. The fraction of sp³-hybridized carbons (Fsp3) is 0.385. The summed E-state index contributed by atoms with van der Waals surface area (Å²) < 4.78 is 5.18. The fourth-order valence-electron chi connectivity index (χ4n) is 5.78. The van der Waals surface area contributed by atoms with Gasteiger partial charge in [-0.05, 0) is 49.1 Å². The van der Waals surface area contributed by atoms with Crippen molar-refractivity contribution in [1.29, 1.82) is 0 Å². The predicted molar refractivity (Wildman–Crippen MR) is 126 cm³/mol. The molecule has 0 radical (unpaired) electrons. The monoisotopic (exact) mass is 477 g/mol. The van der Waals surface area contributed by atoms with Crippen molar-refractivity contribution in [2.45, 2.75) is 44.8 Å². The Bertz CT molecular complexity index is 1260. The third-order valence-corrected chi connectivity index (χ3v) is 7.68. The van der Waals surface area contributed by atoms with Crippen molar-refractivity contribution in [2.75, 3.05) is 12.4 Å². The van der Waals surface area contributed by atoms with Gasteiger partial charge in [0.1, 0.15) is 11.3 Å². The van der Waals surface area contributed by atoms with E-state index in [1.165, 1.54) is 4.90 Å². The van der Waals surface area contributed by atoms with Gasteiger partial charge in [0.2, 0.25) is 17.7 Å². The number of amides is 3. The molecule has 2 fully saturated rings. The van der Waals surface area contributed by atoms with Crippen molar-refractivity contribution >= 4 is 29.4 Å². The van der Waals surface area contributed by atoms with E-state index in [4.69, 9.17) is 4.74 Å². The van der Waals surface area contributed by atoms with Gasteiger partial charge in [0.15, 0.2) is 0 Å². The highest BCUT2D eigenvalue weighted by Crippen LogP contribution is 2.54. The van der Waals surface area contributed by atoms with Crippen LogP contribution >= 0.6 is 0 Å². The Hall–Kier alpha value is -3.72. The Kier molecular flexibility index (Phi) is 5.40. The SMILES string of the molecule is COc1ccc(CN2C(=O)[C@@H]3[C@@H](CCC(=O)O)N[C@]4(C(=O)Nc5c4ccc(C)c5C)[C@H]3C2=O)cc1. The molecule has 3 N–H and O–H groups in total. The molecule has 3 aliphatic rings. The number of imide groups is 1. The lowest BCUT2D eigenvalue weighted by molar-refractivity contribution is -0.144.